The molecule has 0 saturated carbocycles. The van der Waals surface area contributed by atoms with Crippen LogP contribution in [0.3, 0.4) is 0 Å². The van der Waals surface area contributed by atoms with Crippen molar-refractivity contribution >= 4 is 60.3 Å². The van der Waals surface area contributed by atoms with E-state index in [0.29, 0.717) is 147 Å². The lowest BCUT2D eigenvalue weighted by atomic mass is 9.95. The zero-order chi connectivity index (χ0) is 59.6. The molecule has 2 aromatic carbocycles. The summed E-state index contributed by atoms with van der Waals surface area (Å²) in [6.07, 6.45) is -2.43. The number of ether oxygens (including phenoxy) is 2. The average molecular weight is 1210 g/mol. The van der Waals surface area contributed by atoms with Crippen LogP contribution >= 0.6 is 0 Å². The van der Waals surface area contributed by atoms with Crippen molar-refractivity contribution in [3.05, 3.63) is 105 Å². The van der Waals surface area contributed by atoms with Crippen molar-refractivity contribution in [1.29, 1.82) is 0 Å². The number of nitrogen functional groups attached to an aromatic ring is 1. The van der Waals surface area contributed by atoms with Gasteiger partial charge in [-0.25, -0.2) is 40.8 Å². The Labute approximate surface area is 484 Å². The summed E-state index contributed by atoms with van der Waals surface area (Å²) in [5.41, 5.74) is 10.2. The number of morpholine rings is 2. The number of sulfone groups is 2. The standard InChI is InChI=1S/C30H38F3N7O3S.C27H33F3N6O3S/c1-21-22(6-4-7-23(21)30(31,32)33)16-26-25(18-39-10-5-8-29(39)9-15-44(41,42)19-29)35-28-24(34-20-37(2)3)17-27(36-40(26)28)38-11-13-43-14-12-38;1-18-19(4-2-5-20(18)27(28,29)30)14-23-22(16-35-8-3-6-26(35)7-13-40(37,38)17-26)32-25-21(31)15-24(33-36(23)25)34-9-11-39-12-10-34/h4,6-7,17,20H,5,8-16,18-19H2,1-3H3;2,4-5,15H,3,6-14,16-17,31H2,1H3. The number of nitrogens with two attached hydrogens (primary N) is 1. The van der Waals surface area contributed by atoms with Crippen molar-refractivity contribution in [2.75, 3.05) is 118 Å². The number of hydrogen-bond donors (Lipinski definition) is 1. The van der Waals surface area contributed by atoms with E-state index in [1.54, 1.807) is 33.6 Å². The van der Waals surface area contributed by atoms with E-state index in [9.17, 15) is 43.2 Å². The second-order valence-corrected chi connectivity index (χ2v) is 27.8. The summed E-state index contributed by atoms with van der Waals surface area (Å²) in [5.74, 6) is 1.90. The minimum atomic E-state index is -4.48. The number of aliphatic imine (C=N–C) groups is 1. The van der Waals surface area contributed by atoms with Crippen LogP contribution in [0.2, 0.25) is 0 Å². The quantitative estimate of drug-likeness (QED) is 0.0740. The highest BCUT2D eigenvalue weighted by atomic mass is 32.2. The predicted octanol–water partition coefficient (Wildman–Crippen LogP) is 7.08. The summed E-state index contributed by atoms with van der Waals surface area (Å²) in [4.78, 5) is 25.0. The SMILES string of the molecule is Cc1c(Cc2c(CN3CCCC34CCS(=O)(=O)C4)nc3c(N)cc(N4CCOCC4)nn23)cccc1C(F)(F)F.Cc1c(Cc2c(CN3CCCC34CCS(=O)(=O)C4)nc3c(N=CN(C)C)cc(N4CCOCC4)nn23)cccc1C(F)(F)F. The van der Waals surface area contributed by atoms with E-state index in [2.05, 4.69) is 19.6 Å². The molecule has 454 valence electrons. The predicted molar refractivity (Wildman–Crippen MR) is 308 cm³/mol. The number of imidazole rings is 2. The van der Waals surface area contributed by atoms with Crippen molar-refractivity contribution in [1.82, 2.24) is 43.9 Å². The van der Waals surface area contributed by atoms with Crippen LogP contribution < -0.4 is 15.5 Å². The van der Waals surface area contributed by atoms with E-state index in [1.165, 1.54) is 26.0 Å². The topological polar surface area (TPSA) is 202 Å². The number of aromatic nitrogens is 6. The maximum atomic E-state index is 13.9. The van der Waals surface area contributed by atoms with Gasteiger partial charge in [-0.2, -0.15) is 26.3 Å². The number of anilines is 3. The highest BCUT2D eigenvalue weighted by Gasteiger charge is 2.51. The Morgan fingerprint density at radius 3 is 1.51 bits per heavy atom. The highest BCUT2D eigenvalue weighted by Crippen LogP contribution is 2.43. The molecule has 84 heavy (non-hydrogen) atoms. The summed E-state index contributed by atoms with van der Waals surface area (Å²) in [5, 5.41) is 9.86. The third-order valence-electron chi connectivity index (χ3n) is 17.7. The molecule has 12 rings (SSSR count). The number of alkyl halides is 6. The van der Waals surface area contributed by atoms with Gasteiger partial charge in [0.15, 0.2) is 42.6 Å². The first-order chi connectivity index (χ1) is 39.8. The van der Waals surface area contributed by atoms with Gasteiger partial charge in [0, 0.05) is 89.4 Å². The minimum Gasteiger partial charge on any atom is -0.396 e. The maximum Gasteiger partial charge on any atom is 0.416 e. The molecule has 2 N–H and O–H groups in total. The molecule has 6 aromatic rings. The van der Waals surface area contributed by atoms with E-state index in [-0.39, 0.29) is 47.0 Å². The molecule has 27 heteroatoms. The number of nitrogens with zero attached hydrogens (tertiary/aromatic N) is 12. The summed E-state index contributed by atoms with van der Waals surface area (Å²) in [7, 11) is -2.52. The van der Waals surface area contributed by atoms with Crippen molar-refractivity contribution in [2.45, 2.75) is 102 Å². The number of fused-ring (bicyclic) bond motifs is 2. The zero-order valence-corrected chi connectivity index (χ0v) is 49.3. The molecule has 6 fully saturated rings. The first kappa shape index (κ1) is 59.6. The number of rotatable bonds is 12. The lowest BCUT2D eigenvalue weighted by molar-refractivity contribution is -0.138. The van der Waals surface area contributed by atoms with Gasteiger partial charge in [-0.15, -0.1) is 10.2 Å². The fourth-order valence-corrected chi connectivity index (χ4v) is 17.5. The van der Waals surface area contributed by atoms with Gasteiger partial charge in [0.25, 0.3) is 0 Å². The van der Waals surface area contributed by atoms with Crippen LogP contribution in [0.4, 0.5) is 49.4 Å². The molecule has 0 bridgehead atoms. The van der Waals surface area contributed by atoms with Gasteiger partial charge in [-0.05, 0) is 99.8 Å². The van der Waals surface area contributed by atoms with Gasteiger partial charge in [-0.1, -0.05) is 24.3 Å². The van der Waals surface area contributed by atoms with Gasteiger partial charge in [0.05, 0.1) is 95.4 Å². The van der Waals surface area contributed by atoms with Crippen LogP contribution in [-0.4, -0.2) is 181 Å². The second kappa shape index (κ2) is 22.9. The van der Waals surface area contributed by atoms with Gasteiger partial charge in [-0.3, -0.25) is 9.80 Å². The molecule has 2 atom stereocenters. The Morgan fingerprint density at radius 1 is 0.643 bits per heavy atom. The van der Waals surface area contributed by atoms with Crippen LogP contribution in [-0.2, 0) is 67.4 Å². The largest absolute Gasteiger partial charge is 0.416 e. The molecular formula is C57H71F6N13O6S2. The smallest absolute Gasteiger partial charge is 0.396 e. The maximum absolute atomic E-state index is 13.9. The van der Waals surface area contributed by atoms with Crippen molar-refractivity contribution in [3.63, 3.8) is 0 Å². The molecule has 10 heterocycles. The first-order valence-corrected chi connectivity index (χ1v) is 32.1. The molecule has 2 spiro atoms. The summed E-state index contributed by atoms with van der Waals surface area (Å²) in [6, 6.07) is 12.1. The summed E-state index contributed by atoms with van der Waals surface area (Å²) < 4.78 is 147. The number of halogens is 6. The van der Waals surface area contributed by atoms with E-state index in [1.807, 2.05) is 25.1 Å². The van der Waals surface area contributed by atoms with Crippen molar-refractivity contribution in [3.8, 4) is 0 Å². The molecule has 6 aliphatic rings. The number of likely N-dealkylation sites (tertiary alicyclic amines) is 2. The van der Waals surface area contributed by atoms with Crippen molar-refractivity contribution in [2.24, 2.45) is 4.99 Å². The molecule has 6 aliphatic heterocycles. The highest BCUT2D eigenvalue weighted by molar-refractivity contribution is 7.92. The molecule has 19 nitrogen and oxygen atoms in total. The Balaban J connectivity index is 0.000000176. The van der Waals surface area contributed by atoms with Gasteiger partial charge >= 0.3 is 12.4 Å². The normalized spacial score (nSPS) is 23.1. The van der Waals surface area contributed by atoms with Gasteiger partial charge in [0.2, 0.25) is 0 Å². The molecule has 2 unspecified atom stereocenters. The van der Waals surface area contributed by atoms with Crippen molar-refractivity contribution < 1.29 is 52.7 Å². The summed E-state index contributed by atoms with van der Waals surface area (Å²) in [6.45, 7) is 10.00. The van der Waals surface area contributed by atoms with Crippen LogP contribution in [0.5, 0.6) is 0 Å². The van der Waals surface area contributed by atoms with Crippen LogP contribution in [0, 0.1) is 13.8 Å². The minimum absolute atomic E-state index is 0.118. The van der Waals surface area contributed by atoms with Crippen LogP contribution in [0.15, 0.2) is 53.5 Å². The molecule has 6 saturated heterocycles. The Hall–Kier alpha value is -6.13. The Kier molecular flexibility index (Phi) is 16.3. The van der Waals surface area contributed by atoms with Gasteiger partial charge < -0.3 is 29.9 Å². The van der Waals surface area contributed by atoms with E-state index in [4.69, 9.17) is 40.4 Å². The van der Waals surface area contributed by atoms with E-state index >= 15 is 0 Å². The number of hydrogen-bond acceptors (Lipinski definition) is 16. The molecule has 0 aliphatic carbocycles. The molecule has 0 amide bonds. The third-order valence-corrected chi connectivity index (χ3v) is 21.3. The third kappa shape index (κ3) is 12.2. The lowest BCUT2D eigenvalue weighted by Gasteiger charge is -2.33. The lowest BCUT2D eigenvalue weighted by Crippen LogP contribution is -2.44. The molecule has 4 aromatic heterocycles. The van der Waals surface area contributed by atoms with E-state index < -0.39 is 54.2 Å². The molecular weight excluding hydrogens is 1140 g/mol. The second-order valence-electron chi connectivity index (χ2n) is 23.4. The Morgan fingerprint density at radius 2 is 1.08 bits per heavy atom. The average Bonchev–Trinajstić information content (AvgIpc) is 2.39. The van der Waals surface area contributed by atoms with Crippen LogP contribution in [0.1, 0.15) is 94.7 Å². The fourth-order valence-electron chi connectivity index (χ4n) is 13.2. The zero-order valence-electron chi connectivity index (χ0n) is 47.6. The van der Waals surface area contributed by atoms with Gasteiger partial charge in [0.1, 0.15) is 5.69 Å². The summed E-state index contributed by atoms with van der Waals surface area (Å²) >= 11 is 0. The Bertz CT molecular complexity index is 3710. The first-order valence-electron chi connectivity index (χ1n) is 28.5. The van der Waals surface area contributed by atoms with Crippen LogP contribution in [0.25, 0.3) is 11.3 Å². The van der Waals surface area contributed by atoms with E-state index in [0.717, 1.165) is 50.9 Å². The fraction of sp³-hybridized carbons (Fsp3) is 0.561. The molecule has 0 radical (unpaired) electrons. The number of benzene rings is 2. The monoisotopic (exact) mass is 1210 g/mol.